The topological polar surface area (TPSA) is 72.7 Å². The molecule has 4 saturated carbocycles. The molecule has 2 bridgehead atoms. The Labute approximate surface area is 130 Å². The lowest BCUT2D eigenvalue weighted by molar-refractivity contribution is -0.482. The first-order valence-corrected chi connectivity index (χ1v) is 8.16. The summed E-state index contributed by atoms with van der Waals surface area (Å²) in [6.07, 6.45) is 0. The molecule has 8 atom stereocenters. The molecule has 0 unspecified atom stereocenters. The van der Waals surface area contributed by atoms with Gasteiger partial charge in [-0.25, -0.2) is 23.5 Å². The van der Waals surface area contributed by atoms with Crippen molar-refractivity contribution in [2.45, 2.75) is 12.1 Å². The summed E-state index contributed by atoms with van der Waals surface area (Å²) in [7, 11) is 0. The molecule has 6 nitrogen and oxygen atoms in total. The fourth-order valence-electron chi connectivity index (χ4n) is 7.12. The summed E-state index contributed by atoms with van der Waals surface area (Å²) in [6.45, 7) is 0. The minimum atomic E-state index is -0.353. The first-order valence-electron chi connectivity index (χ1n) is 8.16. The average molecular weight is 304 g/mol. The van der Waals surface area contributed by atoms with E-state index >= 15 is 0 Å². The Hall–Kier alpha value is -2.55. The van der Waals surface area contributed by atoms with Crippen LogP contribution in [0.1, 0.15) is 12.1 Å². The highest BCUT2D eigenvalue weighted by molar-refractivity contribution is 5.48. The van der Waals surface area contributed by atoms with Crippen LogP contribution in [-0.4, -0.2) is 13.9 Å². The molecule has 23 heavy (non-hydrogen) atoms. The van der Waals surface area contributed by atoms with E-state index in [2.05, 4.69) is 6.07 Å². The van der Waals surface area contributed by atoms with Gasteiger partial charge in [0.05, 0.1) is 29.3 Å². The second-order valence-electron chi connectivity index (χ2n) is 7.69. The molecule has 1 aromatic heterocycles. The molecule has 2 aliphatic heterocycles. The van der Waals surface area contributed by atoms with Crippen molar-refractivity contribution < 1.29 is 0 Å². The Balaban J connectivity index is 1.57. The van der Waals surface area contributed by atoms with Gasteiger partial charge in [-0.05, 0) is 35.8 Å². The van der Waals surface area contributed by atoms with Crippen LogP contribution in [0.2, 0.25) is 0 Å². The molecule has 0 N–H and O–H groups in total. The molecule has 8 rings (SSSR count). The zero-order chi connectivity index (χ0) is 15.2. The zero-order valence-electron chi connectivity index (χ0n) is 12.0. The summed E-state index contributed by atoms with van der Waals surface area (Å²) in [5.41, 5.74) is -0.267. The van der Waals surface area contributed by atoms with Gasteiger partial charge in [-0.1, -0.05) is 18.2 Å². The van der Waals surface area contributed by atoms with Crippen molar-refractivity contribution in [3.63, 3.8) is 0 Å². The Kier molecular flexibility index (Phi) is 1.36. The molecule has 3 heterocycles. The molecular weight excluding hydrogens is 292 g/mol. The quantitative estimate of drug-likeness (QED) is 0.772. The smallest absolute Gasteiger partial charge is 0.245 e. The van der Waals surface area contributed by atoms with E-state index < -0.39 is 0 Å². The lowest BCUT2D eigenvalue weighted by atomic mass is 9.11. The lowest BCUT2D eigenvalue weighted by Gasteiger charge is -2.94. The number of para-hydroxylation sites is 1. The maximum Gasteiger partial charge on any atom is 0.352 e. The van der Waals surface area contributed by atoms with Crippen LogP contribution in [0.5, 0.6) is 0 Å². The number of aromatic nitrogens is 3. The highest BCUT2D eigenvalue weighted by atomic mass is 16.2. The second kappa shape index (κ2) is 2.82. The Morgan fingerprint density at radius 1 is 0.957 bits per heavy atom. The lowest BCUT2D eigenvalue weighted by Crippen LogP contribution is -2.95. The third kappa shape index (κ3) is 0.724. The van der Waals surface area contributed by atoms with E-state index in [9.17, 15) is 14.9 Å². The van der Waals surface area contributed by atoms with Crippen LogP contribution in [0.25, 0.3) is 5.69 Å². The Morgan fingerprint density at radius 3 is 2.43 bits per heavy atom. The van der Waals surface area contributed by atoms with E-state index in [0.717, 1.165) is 0 Å². The normalized spacial score (nSPS) is 48.0. The molecule has 4 fully saturated rings. The highest BCUT2D eigenvalue weighted by Gasteiger charge is 2.97. The van der Waals surface area contributed by atoms with Crippen molar-refractivity contribution in [2.75, 3.05) is 0 Å². The monoisotopic (exact) mass is 304 g/mol. The van der Waals surface area contributed by atoms with E-state index in [1.54, 1.807) is 21.5 Å². The molecule has 2 aromatic rings. The summed E-state index contributed by atoms with van der Waals surface area (Å²) in [5.74, 6) is 2.45. The minimum absolute atomic E-state index is 0.0739. The van der Waals surface area contributed by atoms with Gasteiger partial charge in [0.15, 0.2) is 0 Å². The van der Waals surface area contributed by atoms with Crippen LogP contribution in [0, 0.1) is 46.3 Å². The molecule has 1 aromatic carbocycles. The minimum Gasteiger partial charge on any atom is -0.245 e. The van der Waals surface area contributed by atoms with Gasteiger partial charge in [0.25, 0.3) is 0 Å². The zero-order valence-corrected chi connectivity index (χ0v) is 12.0. The van der Waals surface area contributed by atoms with Crippen molar-refractivity contribution in [1.82, 2.24) is 13.9 Å². The van der Waals surface area contributed by atoms with Crippen LogP contribution in [0.3, 0.4) is 0 Å². The van der Waals surface area contributed by atoms with E-state index in [4.69, 9.17) is 0 Å². The van der Waals surface area contributed by atoms with Crippen LogP contribution in [0.15, 0.2) is 39.9 Å². The first-order chi connectivity index (χ1) is 11.2. The van der Waals surface area contributed by atoms with Gasteiger partial charge in [-0.2, -0.15) is 5.26 Å². The van der Waals surface area contributed by atoms with Crippen molar-refractivity contribution in [1.29, 1.82) is 5.26 Å². The second-order valence-corrected chi connectivity index (χ2v) is 7.69. The van der Waals surface area contributed by atoms with Gasteiger partial charge in [0.1, 0.15) is 0 Å². The standard InChI is InChI=1S/C17H12N4O2/c18-6-17-11-9-8-10(11)14(17)21-16(23)19(7-4-2-1-3-5-7)15(22)20(21)13(8)12(9)17/h1-5,8-14H/t8-,9+,10+,11+,12+,13-,14+,17+/m1/s1. The molecule has 0 spiro atoms. The van der Waals surface area contributed by atoms with Crippen LogP contribution in [0.4, 0.5) is 0 Å². The summed E-state index contributed by atoms with van der Waals surface area (Å²) in [6, 6.07) is 11.6. The molecule has 6 heteroatoms. The molecule has 6 aliphatic rings. The Morgan fingerprint density at radius 2 is 1.70 bits per heavy atom. The average Bonchev–Trinajstić information content (AvgIpc) is 2.78. The van der Waals surface area contributed by atoms with Crippen molar-refractivity contribution in [3.8, 4) is 11.8 Å². The first kappa shape index (κ1) is 11.1. The molecule has 0 radical (unpaired) electrons. The number of nitriles is 1. The van der Waals surface area contributed by atoms with Crippen LogP contribution in [-0.2, 0) is 0 Å². The fourth-order valence-corrected chi connectivity index (χ4v) is 7.12. The number of hydrogen-bond acceptors (Lipinski definition) is 3. The van der Waals surface area contributed by atoms with E-state index in [0.29, 0.717) is 35.3 Å². The largest absolute Gasteiger partial charge is 0.352 e. The SMILES string of the molecule is N#C[C@@]12[C@H]3[C@@H]4[C@@H]5[C@@H]3[C@@H]1n1c(=O)n(-c3ccccc3)c(=O)n1[C@H]5[C@H]42. The Bertz CT molecular complexity index is 1090. The van der Waals surface area contributed by atoms with Gasteiger partial charge in [0.2, 0.25) is 0 Å². The van der Waals surface area contributed by atoms with Gasteiger partial charge in [-0.3, -0.25) is 0 Å². The van der Waals surface area contributed by atoms with E-state index in [1.807, 2.05) is 18.2 Å². The van der Waals surface area contributed by atoms with Gasteiger partial charge >= 0.3 is 11.4 Å². The van der Waals surface area contributed by atoms with Gasteiger partial charge < -0.3 is 0 Å². The number of hydrogen-bond donors (Lipinski definition) is 0. The summed E-state index contributed by atoms with van der Waals surface area (Å²) in [4.78, 5) is 25.9. The van der Waals surface area contributed by atoms with Crippen molar-refractivity contribution in [2.24, 2.45) is 35.0 Å². The predicted molar refractivity (Wildman–Crippen MR) is 77.9 cm³/mol. The van der Waals surface area contributed by atoms with E-state index in [1.165, 1.54) is 4.57 Å². The highest BCUT2D eigenvalue weighted by Crippen LogP contribution is 2.96. The number of rotatable bonds is 1. The van der Waals surface area contributed by atoms with Gasteiger partial charge in [-0.15, -0.1) is 0 Å². The summed E-state index contributed by atoms with van der Waals surface area (Å²) < 4.78 is 4.59. The third-order valence-corrected chi connectivity index (χ3v) is 7.61. The van der Waals surface area contributed by atoms with Crippen LogP contribution >= 0.6 is 0 Å². The van der Waals surface area contributed by atoms with Crippen molar-refractivity contribution in [3.05, 3.63) is 51.3 Å². The van der Waals surface area contributed by atoms with E-state index in [-0.39, 0.29) is 28.9 Å². The summed E-state index contributed by atoms with van der Waals surface area (Å²) in [5, 5.41) is 9.77. The summed E-state index contributed by atoms with van der Waals surface area (Å²) >= 11 is 0. The molecule has 0 amide bonds. The third-order valence-electron chi connectivity index (χ3n) is 7.61. The van der Waals surface area contributed by atoms with Crippen molar-refractivity contribution >= 4 is 0 Å². The molecular formula is C17H12N4O2. The molecule has 0 saturated heterocycles. The maximum absolute atomic E-state index is 13.0. The van der Waals surface area contributed by atoms with Crippen LogP contribution < -0.4 is 11.4 Å². The molecule has 112 valence electrons. The fraction of sp³-hybridized carbons (Fsp3) is 0.471. The van der Waals surface area contributed by atoms with Gasteiger partial charge in [0, 0.05) is 5.92 Å². The number of benzene rings is 1. The number of nitrogens with zero attached hydrogens (tertiary/aromatic N) is 4. The predicted octanol–water partition coefficient (Wildman–Crippen LogP) is 0.542. The molecule has 4 aliphatic carbocycles. The maximum atomic E-state index is 13.0.